The van der Waals surface area contributed by atoms with E-state index >= 15 is 0 Å². The molecule has 2 aliphatic heterocycles. The SMILES string of the molecule is CCCCC(=O)O[C@@H](C)[C@@H]1C(=O)N2[C@@H](C(=O)O)C(C)(C)S(=O)(=O)[C@H]12. The number of nitrogens with zero attached hydrogens (tertiary/aromatic N) is 1. The fourth-order valence-electron chi connectivity index (χ4n) is 3.44. The van der Waals surface area contributed by atoms with Gasteiger partial charge in [-0.1, -0.05) is 13.3 Å². The van der Waals surface area contributed by atoms with Crippen LogP contribution in [0.2, 0.25) is 0 Å². The highest BCUT2D eigenvalue weighted by molar-refractivity contribution is 7.93. The molecule has 1 amide bonds. The van der Waals surface area contributed by atoms with Crippen LogP contribution in [0, 0.1) is 5.92 Å². The molecule has 0 aromatic carbocycles. The summed E-state index contributed by atoms with van der Waals surface area (Å²) in [6.07, 6.45) is 0.741. The van der Waals surface area contributed by atoms with Gasteiger partial charge in [-0.15, -0.1) is 0 Å². The van der Waals surface area contributed by atoms with Crippen molar-refractivity contribution >= 4 is 27.7 Å². The number of carbonyl (C=O) groups excluding carboxylic acids is 2. The van der Waals surface area contributed by atoms with E-state index in [0.717, 1.165) is 11.3 Å². The monoisotopic (exact) mass is 361 g/mol. The number of unbranched alkanes of at least 4 members (excludes halogenated alkanes) is 1. The molecule has 2 heterocycles. The second-order valence-corrected chi connectivity index (χ2v) is 9.47. The molecule has 0 radical (unpaired) electrons. The number of esters is 1. The Morgan fingerprint density at radius 3 is 2.46 bits per heavy atom. The summed E-state index contributed by atoms with van der Waals surface area (Å²) in [6.45, 7) is 6.01. The van der Waals surface area contributed by atoms with Gasteiger partial charge in [0.2, 0.25) is 5.91 Å². The van der Waals surface area contributed by atoms with E-state index in [-0.39, 0.29) is 6.42 Å². The zero-order valence-corrected chi connectivity index (χ0v) is 15.0. The fourth-order valence-corrected chi connectivity index (χ4v) is 5.83. The second-order valence-electron chi connectivity index (χ2n) is 6.85. The van der Waals surface area contributed by atoms with Crippen molar-refractivity contribution in [1.82, 2.24) is 4.90 Å². The van der Waals surface area contributed by atoms with Crippen LogP contribution in [0.5, 0.6) is 0 Å². The third-order valence-electron chi connectivity index (χ3n) is 4.90. The Balaban J connectivity index is 2.24. The van der Waals surface area contributed by atoms with Crippen molar-refractivity contribution < 1.29 is 32.6 Å². The fraction of sp³-hybridized carbons (Fsp3) is 0.800. The first-order valence-corrected chi connectivity index (χ1v) is 9.51. The van der Waals surface area contributed by atoms with Crippen LogP contribution in [0.4, 0.5) is 0 Å². The van der Waals surface area contributed by atoms with Crippen molar-refractivity contribution in [3.63, 3.8) is 0 Å². The molecule has 24 heavy (non-hydrogen) atoms. The van der Waals surface area contributed by atoms with E-state index in [9.17, 15) is 27.9 Å². The zero-order chi connectivity index (χ0) is 18.4. The minimum absolute atomic E-state index is 0.201. The van der Waals surface area contributed by atoms with Crippen LogP contribution in [-0.2, 0) is 29.0 Å². The van der Waals surface area contributed by atoms with Crippen molar-refractivity contribution in [2.45, 2.75) is 69.2 Å². The predicted molar refractivity (Wildman–Crippen MR) is 83.6 cm³/mol. The number of ether oxygens (including phenoxy) is 1. The number of sulfone groups is 1. The number of carboxylic acid groups (broad SMARTS) is 1. The third-order valence-corrected chi connectivity index (χ3v) is 7.75. The molecule has 8 nitrogen and oxygen atoms in total. The summed E-state index contributed by atoms with van der Waals surface area (Å²) >= 11 is 0. The standard InChI is InChI=1S/C15H23NO7S/c1-5-6-7-9(17)23-8(2)10-12(18)16-11(14(19)20)15(3,4)24(21,22)13(10)16/h8,10-11,13H,5-7H2,1-4H3,(H,19,20)/t8-,10+,11-,13+/m0/s1. The molecule has 4 atom stereocenters. The summed E-state index contributed by atoms with van der Waals surface area (Å²) in [5.74, 6) is -3.49. The Labute approximate surface area is 141 Å². The van der Waals surface area contributed by atoms with Gasteiger partial charge < -0.3 is 14.7 Å². The largest absolute Gasteiger partial charge is 0.480 e. The van der Waals surface area contributed by atoms with Gasteiger partial charge in [0.05, 0.1) is 4.75 Å². The smallest absolute Gasteiger partial charge is 0.328 e. The minimum atomic E-state index is -3.91. The van der Waals surface area contributed by atoms with E-state index in [4.69, 9.17) is 4.74 Å². The highest BCUT2D eigenvalue weighted by atomic mass is 32.2. The molecule has 2 aliphatic rings. The average molecular weight is 361 g/mol. The van der Waals surface area contributed by atoms with Crippen LogP contribution in [0.3, 0.4) is 0 Å². The Bertz CT molecular complexity index is 669. The van der Waals surface area contributed by atoms with Crippen LogP contribution < -0.4 is 0 Å². The molecule has 0 saturated carbocycles. The number of aliphatic carboxylic acids is 1. The normalized spacial score (nSPS) is 31.1. The molecule has 0 unspecified atom stereocenters. The maximum atomic E-state index is 12.7. The first kappa shape index (κ1) is 18.7. The Kier molecular flexibility index (Phi) is 4.69. The summed E-state index contributed by atoms with van der Waals surface area (Å²) in [6, 6.07) is -1.43. The molecular formula is C15H23NO7S. The number of carboxylic acids is 1. The number of β-lactam (4-membered cyclic amide) rings is 1. The maximum Gasteiger partial charge on any atom is 0.328 e. The molecule has 2 saturated heterocycles. The molecule has 9 heteroatoms. The van der Waals surface area contributed by atoms with Crippen molar-refractivity contribution in [3.05, 3.63) is 0 Å². The Morgan fingerprint density at radius 1 is 1.38 bits per heavy atom. The lowest BCUT2D eigenvalue weighted by Gasteiger charge is -2.44. The third kappa shape index (κ3) is 2.49. The van der Waals surface area contributed by atoms with Gasteiger partial charge in [0, 0.05) is 6.42 Å². The number of hydrogen-bond acceptors (Lipinski definition) is 6. The van der Waals surface area contributed by atoms with Gasteiger partial charge in [-0.3, -0.25) is 9.59 Å². The van der Waals surface area contributed by atoms with E-state index in [2.05, 4.69) is 0 Å². The summed E-state index contributed by atoms with van der Waals surface area (Å²) in [5, 5.41) is 8.09. The Hall–Kier alpha value is -1.64. The summed E-state index contributed by atoms with van der Waals surface area (Å²) in [4.78, 5) is 36.5. The molecule has 0 aliphatic carbocycles. The van der Waals surface area contributed by atoms with Gasteiger partial charge in [-0.25, -0.2) is 13.2 Å². The van der Waals surface area contributed by atoms with E-state index in [1.54, 1.807) is 0 Å². The lowest BCUT2D eigenvalue weighted by atomic mass is 9.88. The molecule has 0 aromatic heterocycles. The van der Waals surface area contributed by atoms with E-state index in [0.29, 0.717) is 6.42 Å². The number of fused-ring (bicyclic) bond motifs is 1. The molecule has 2 fully saturated rings. The first-order chi connectivity index (χ1) is 11.0. The summed E-state index contributed by atoms with van der Waals surface area (Å²) < 4.78 is 29.0. The molecule has 136 valence electrons. The van der Waals surface area contributed by atoms with Crippen LogP contribution in [-0.4, -0.2) is 58.5 Å². The van der Waals surface area contributed by atoms with Gasteiger partial charge in [0.1, 0.15) is 18.1 Å². The molecule has 0 aromatic rings. The number of amides is 1. The van der Waals surface area contributed by atoms with Crippen LogP contribution in [0.25, 0.3) is 0 Å². The summed E-state index contributed by atoms with van der Waals surface area (Å²) in [5.41, 5.74) is 0. The highest BCUT2D eigenvalue weighted by Crippen LogP contribution is 2.49. The lowest BCUT2D eigenvalue weighted by molar-refractivity contribution is -0.174. The van der Waals surface area contributed by atoms with Crippen LogP contribution >= 0.6 is 0 Å². The average Bonchev–Trinajstić information content (AvgIpc) is 2.59. The van der Waals surface area contributed by atoms with Crippen molar-refractivity contribution in [3.8, 4) is 0 Å². The minimum Gasteiger partial charge on any atom is -0.480 e. The zero-order valence-electron chi connectivity index (χ0n) is 14.2. The molecular weight excluding hydrogens is 338 g/mol. The number of hydrogen-bond donors (Lipinski definition) is 1. The highest BCUT2D eigenvalue weighted by Gasteiger charge is 2.73. The van der Waals surface area contributed by atoms with E-state index in [1.807, 2.05) is 6.92 Å². The van der Waals surface area contributed by atoms with E-state index in [1.165, 1.54) is 20.8 Å². The van der Waals surface area contributed by atoms with Gasteiger partial charge >= 0.3 is 11.9 Å². The maximum absolute atomic E-state index is 12.7. The van der Waals surface area contributed by atoms with Crippen molar-refractivity contribution in [2.75, 3.05) is 0 Å². The lowest BCUT2D eigenvalue weighted by Crippen LogP contribution is -2.66. The quantitative estimate of drug-likeness (QED) is 0.542. The predicted octanol–water partition coefficient (Wildman–Crippen LogP) is 0.553. The van der Waals surface area contributed by atoms with Crippen LogP contribution in [0.15, 0.2) is 0 Å². The molecule has 2 rings (SSSR count). The number of rotatable bonds is 6. The van der Waals surface area contributed by atoms with E-state index < -0.39 is 55.9 Å². The number of carbonyl (C=O) groups is 3. The van der Waals surface area contributed by atoms with Crippen molar-refractivity contribution in [2.24, 2.45) is 5.92 Å². The van der Waals surface area contributed by atoms with Crippen molar-refractivity contribution in [1.29, 1.82) is 0 Å². The summed E-state index contributed by atoms with van der Waals surface area (Å²) in [7, 11) is -3.91. The topological polar surface area (TPSA) is 118 Å². The van der Waals surface area contributed by atoms with Gasteiger partial charge in [0.25, 0.3) is 0 Å². The van der Waals surface area contributed by atoms with Gasteiger partial charge in [-0.05, 0) is 27.2 Å². The van der Waals surface area contributed by atoms with Crippen LogP contribution in [0.1, 0.15) is 47.0 Å². The first-order valence-electron chi connectivity index (χ1n) is 7.96. The van der Waals surface area contributed by atoms with Gasteiger partial charge in [-0.2, -0.15) is 0 Å². The molecule has 0 bridgehead atoms. The van der Waals surface area contributed by atoms with Gasteiger partial charge in [0.15, 0.2) is 15.2 Å². The second kappa shape index (κ2) is 6.02. The molecule has 1 N–H and O–H groups in total. The Morgan fingerprint density at radius 2 is 1.96 bits per heavy atom. The molecule has 0 spiro atoms.